The lowest BCUT2D eigenvalue weighted by molar-refractivity contribution is 0.441. The van der Waals surface area contributed by atoms with Gasteiger partial charge in [-0.05, 0) is 24.7 Å². The zero-order valence-electron chi connectivity index (χ0n) is 9.23. The number of sulfonamides is 1. The molecule has 0 fully saturated rings. The van der Waals surface area contributed by atoms with Crippen LogP contribution in [0.2, 0.25) is 0 Å². The average molecular weight is 219 g/mol. The summed E-state index contributed by atoms with van der Waals surface area (Å²) in [5, 5.41) is 4.75. The Morgan fingerprint density at radius 1 is 1.36 bits per heavy atom. The maximum atomic E-state index is 11.3. The maximum absolute atomic E-state index is 11.3. The largest absolute Gasteiger partial charge is 0.228 e. The van der Waals surface area contributed by atoms with Crippen molar-refractivity contribution in [1.29, 1.82) is 0 Å². The molecule has 0 radical (unpaired) electrons. The van der Waals surface area contributed by atoms with Crippen molar-refractivity contribution in [3.05, 3.63) is 12.7 Å². The molecule has 4 heteroatoms. The van der Waals surface area contributed by atoms with Gasteiger partial charge in [-0.1, -0.05) is 26.8 Å². The van der Waals surface area contributed by atoms with Crippen LogP contribution in [0.15, 0.2) is 12.7 Å². The molecule has 0 aromatic heterocycles. The Kier molecular flexibility index (Phi) is 5.37. The molecule has 0 saturated carbocycles. The molecule has 0 heterocycles. The second kappa shape index (κ2) is 5.51. The fraction of sp³-hybridized carbons (Fsp3) is 0.800. The molecule has 0 spiro atoms. The van der Waals surface area contributed by atoms with Crippen LogP contribution in [0.25, 0.3) is 0 Å². The minimum absolute atomic E-state index is 0.0462. The summed E-state index contributed by atoms with van der Waals surface area (Å²) in [4.78, 5) is 0. The minimum Gasteiger partial charge on any atom is -0.228 e. The Hall–Kier alpha value is -0.350. The fourth-order valence-corrected chi connectivity index (χ4v) is 2.98. The standard InChI is InChI=1S/C10H21NO2S/c1-5-6-9(4)10(7-8(2)3)14(11,12)13/h5,8-10H,1,6-7H2,2-4H3,(H2,11,12,13)/t9-,10-/m1/s1. The van der Waals surface area contributed by atoms with Crippen LogP contribution in [0.4, 0.5) is 0 Å². The van der Waals surface area contributed by atoms with Crippen molar-refractivity contribution >= 4 is 10.0 Å². The molecule has 2 atom stereocenters. The molecule has 14 heavy (non-hydrogen) atoms. The van der Waals surface area contributed by atoms with Crippen LogP contribution < -0.4 is 5.14 Å². The summed E-state index contributed by atoms with van der Waals surface area (Å²) in [6, 6.07) is 0. The molecule has 0 amide bonds. The van der Waals surface area contributed by atoms with E-state index in [-0.39, 0.29) is 5.92 Å². The van der Waals surface area contributed by atoms with Gasteiger partial charge in [0, 0.05) is 0 Å². The number of hydrogen-bond donors (Lipinski definition) is 1. The molecule has 0 aromatic carbocycles. The van der Waals surface area contributed by atoms with E-state index < -0.39 is 15.3 Å². The summed E-state index contributed by atoms with van der Waals surface area (Å²) in [7, 11) is -3.43. The second-order valence-corrected chi connectivity index (χ2v) is 6.04. The summed E-state index contributed by atoms with van der Waals surface area (Å²) >= 11 is 0. The fourth-order valence-electron chi connectivity index (χ4n) is 1.57. The van der Waals surface area contributed by atoms with E-state index in [1.54, 1.807) is 6.08 Å². The third-order valence-corrected chi connectivity index (χ3v) is 3.80. The SMILES string of the molecule is C=CC[C@@H](C)[C@@H](CC(C)C)S(N)(=O)=O. The molecule has 84 valence electrons. The summed E-state index contributed by atoms with van der Waals surface area (Å²) < 4.78 is 22.7. The van der Waals surface area contributed by atoms with Gasteiger partial charge in [-0.2, -0.15) is 0 Å². The first-order chi connectivity index (χ1) is 6.29. The van der Waals surface area contributed by atoms with Crippen LogP contribution in [0.5, 0.6) is 0 Å². The van der Waals surface area contributed by atoms with E-state index in [1.165, 1.54) is 0 Å². The highest BCUT2D eigenvalue weighted by Gasteiger charge is 2.27. The number of rotatable bonds is 6. The lowest BCUT2D eigenvalue weighted by Gasteiger charge is -2.22. The minimum atomic E-state index is -3.43. The lowest BCUT2D eigenvalue weighted by Crippen LogP contribution is -2.35. The van der Waals surface area contributed by atoms with Crippen molar-refractivity contribution in [3.8, 4) is 0 Å². The maximum Gasteiger partial charge on any atom is 0.212 e. The zero-order valence-corrected chi connectivity index (χ0v) is 10.0. The van der Waals surface area contributed by atoms with Gasteiger partial charge < -0.3 is 0 Å². The van der Waals surface area contributed by atoms with Crippen molar-refractivity contribution in [3.63, 3.8) is 0 Å². The van der Waals surface area contributed by atoms with E-state index in [0.717, 1.165) is 0 Å². The number of allylic oxidation sites excluding steroid dienone is 1. The molecule has 0 bridgehead atoms. The average Bonchev–Trinajstić information content (AvgIpc) is 1.98. The van der Waals surface area contributed by atoms with Gasteiger partial charge in [0.05, 0.1) is 5.25 Å². The topological polar surface area (TPSA) is 60.2 Å². The van der Waals surface area contributed by atoms with E-state index in [0.29, 0.717) is 18.8 Å². The Morgan fingerprint density at radius 3 is 2.14 bits per heavy atom. The molecule has 0 saturated heterocycles. The molecule has 0 aliphatic rings. The van der Waals surface area contributed by atoms with E-state index in [9.17, 15) is 8.42 Å². The zero-order chi connectivity index (χ0) is 11.4. The summed E-state index contributed by atoms with van der Waals surface area (Å²) in [5.74, 6) is 0.385. The van der Waals surface area contributed by atoms with Crippen LogP contribution >= 0.6 is 0 Å². The highest BCUT2D eigenvalue weighted by molar-refractivity contribution is 7.89. The Labute approximate surface area is 87.4 Å². The van der Waals surface area contributed by atoms with E-state index in [4.69, 9.17) is 5.14 Å². The second-order valence-electron chi connectivity index (χ2n) is 4.26. The van der Waals surface area contributed by atoms with Crippen molar-refractivity contribution in [2.75, 3.05) is 0 Å². The smallest absolute Gasteiger partial charge is 0.212 e. The van der Waals surface area contributed by atoms with Crippen molar-refractivity contribution in [2.24, 2.45) is 17.0 Å². The Bertz CT molecular complexity index is 270. The first-order valence-corrected chi connectivity index (χ1v) is 6.52. The molecule has 0 aliphatic carbocycles. The molecule has 3 nitrogen and oxygen atoms in total. The molecular weight excluding hydrogens is 198 g/mol. The summed E-state index contributed by atoms with van der Waals surface area (Å²) in [5.41, 5.74) is 0. The molecule has 0 unspecified atom stereocenters. The third kappa shape index (κ3) is 4.77. The van der Waals surface area contributed by atoms with Crippen LogP contribution in [0.3, 0.4) is 0 Å². The molecule has 0 aromatic rings. The van der Waals surface area contributed by atoms with E-state index in [1.807, 2.05) is 20.8 Å². The quantitative estimate of drug-likeness (QED) is 0.694. The van der Waals surface area contributed by atoms with Gasteiger partial charge in [0.1, 0.15) is 0 Å². The first-order valence-electron chi connectivity index (χ1n) is 4.91. The van der Waals surface area contributed by atoms with Crippen LogP contribution in [0.1, 0.15) is 33.6 Å². The normalized spacial score (nSPS) is 16.6. The Morgan fingerprint density at radius 2 is 1.86 bits per heavy atom. The summed E-state index contributed by atoms with van der Waals surface area (Å²) in [6.07, 6.45) is 3.05. The highest BCUT2D eigenvalue weighted by atomic mass is 32.2. The van der Waals surface area contributed by atoms with Crippen molar-refractivity contribution in [2.45, 2.75) is 38.9 Å². The van der Waals surface area contributed by atoms with Crippen LogP contribution in [-0.2, 0) is 10.0 Å². The van der Waals surface area contributed by atoms with Crippen molar-refractivity contribution < 1.29 is 8.42 Å². The number of hydrogen-bond acceptors (Lipinski definition) is 2. The van der Waals surface area contributed by atoms with Gasteiger partial charge in [0.25, 0.3) is 0 Å². The third-order valence-electron chi connectivity index (χ3n) is 2.30. The molecule has 0 rings (SSSR count). The highest BCUT2D eigenvalue weighted by Crippen LogP contribution is 2.21. The molecule has 2 N–H and O–H groups in total. The molecule has 0 aliphatic heterocycles. The van der Waals surface area contributed by atoms with Gasteiger partial charge in [0.2, 0.25) is 10.0 Å². The van der Waals surface area contributed by atoms with Crippen LogP contribution in [0, 0.1) is 11.8 Å². The van der Waals surface area contributed by atoms with E-state index >= 15 is 0 Å². The predicted molar refractivity (Wildman–Crippen MR) is 60.3 cm³/mol. The number of primary sulfonamides is 1. The Balaban J connectivity index is 4.64. The van der Waals surface area contributed by atoms with Gasteiger partial charge in [-0.3, -0.25) is 0 Å². The van der Waals surface area contributed by atoms with E-state index in [2.05, 4.69) is 6.58 Å². The first kappa shape index (κ1) is 13.7. The van der Waals surface area contributed by atoms with Gasteiger partial charge in [-0.15, -0.1) is 6.58 Å². The lowest BCUT2D eigenvalue weighted by atomic mass is 9.96. The van der Waals surface area contributed by atoms with Gasteiger partial charge >= 0.3 is 0 Å². The number of nitrogens with two attached hydrogens (primary N) is 1. The van der Waals surface area contributed by atoms with Gasteiger partial charge in [0.15, 0.2) is 0 Å². The summed E-state index contributed by atoms with van der Waals surface area (Å²) in [6.45, 7) is 9.51. The molecular formula is C10H21NO2S. The monoisotopic (exact) mass is 219 g/mol. The predicted octanol–water partition coefficient (Wildman–Crippen LogP) is 1.90. The van der Waals surface area contributed by atoms with Gasteiger partial charge in [-0.25, -0.2) is 13.6 Å². The van der Waals surface area contributed by atoms with Crippen molar-refractivity contribution in [1.82, 2.24) is 0 Å². The van der Waals surface area contributed by atoms with Crippen LogP contribution in [-0.4, -0.2) is 13.7 Å².